The van der Waals surface area contributed by atoms with Gasteiger partial charge < -0.3 is 15.6 Å². The van der Waals surface area contributed by atoms with Crippen LogP contribution in [0.3, 0.4) is 0 Å². The van der Waals surface area contributed by atoms with E-state index in [2.05, 4.69) is 25.4 Å². The summed E-state index contributed by atoms with van der Waals surface area (Å²) in [5.74, 6) is 1.22. The summed E-state index contributed by atoms with van der Waals surface area (Å²) in [6, 6.07) is 15.2. The Morgan fingerprint density at radius 3 is 2.73 bits per heavy atom. The van der Waals surface area contributed by atoms with Gasteiger partial charge in [-0.2, -0.15) is 4.98 Å². The van der Waals surface area contributed by atoms with Crippen LogP contribution in [0.1, 0.15) is 49.7 Å². The van der Waals surface area contributed by atoms with Crippen LogP contribution in [0, 0.1) is 5.82 Å². The van der Waals surface area contributed by atoms with E-state index >= 15 is 0 Å². The van der Waals surface area contributed by atoms with Gasteiger partial charge in [0.1, 0.15) is 29.3 Å². The van der Waals surface area contributed by atoms with Gasteiger partial charge in [0.05, 0.1) is 11.4 Å². The first-order valence-corrected chi connectivity index (χ1v) is 12.2. The Kier molecular flexibility index (Phi) is 5.63. The number of para-hydroxylation sites is 1. The Labute approximate surface area is 211 Å². The lowest BCUT2D eigenvalue weighted by molar-refractivity contribution is 0.422. The van der Waals surface area contributed by atoms with Gasteiger partial charge in [-0.3, -0.25) is 9.36 Å². The standard InChI is InChI=1S/C27H24FN7O2/c1-2-19(32-25-22(23(29)30-14-31-25)26-33-24(34-37-26)15-11-12-15)20-13-16-7-6-10-18(28)21(16)27(36)35(20)17-8-4-3-5-9-17/h3-10,13-15,19H,2,11-12H2,1H3,(H3,29,30,31,32)/t19-/m0/s1. The number of rotatable bonds is 7. The van der Waals surface area contributed by atoms with Crippen molar-refractivity contribution in [2.24, 2.45) is 0 Å². The van der Waals surface area contributed by atoms with E-state index in [-0.39, 0.29) is 17.1 Å². The minimum Gasteiger partial charge on any atom is -0.383 e. The summed E-state index contributed by atoms with van der Waals surface area (Å²) < 4.78 is 21.8. The van der Waals surface area contributed by atoms with Crippen molar-refractivity contribution >= 4 is 22.4 Å². The van der Waals surface area contributed by atoms with Crippen LogP contribution in [0.2, 0.25) is 0 Å². The molecule has 1 fully saturated rings. The molecule has 0 unspecified atom stereocenters. The average Bonchev–Trinajstić information content (AvgIpc) is 3.65. The Morgan fingerprint density at radius 1 is 1.16 bits per heavy atom. The number of fused-ring (bicyclic) bond motifs is 1. The van der Waals surface area contributed by atoms with Gasteiger partial charge in [0.25, 0.3) is 11.4 Å². The first-order valence-electron chi connectivity index (χ1n) is 12.2. The second-order valence-electron chi connectivity index (χ2n) is 9.07. The maximum absolute atomic E-state index is 14.8. The second kappa shape index (κ2) is 9.12. The van der Waals surface area contributed by atoms with Gasteiger partial charge >= 0.3 is 0 Å². The number of pyridine rings is 1. The van der Waals surface area contributed by atoms with E-state index in [1.807, 2.05) is 43.3 Å². The number of halogens is 1. The zero-order valence-corrected chi connectivity index (χ0v) is 20.1. The van der Waals surface area contributed by atoms with Crippen molar-refractivity contribution in [1.82, 2.24) is 24.7 Å². The van der Waals surface area contributed by atoms with Crippen LogP contribution in [0.5, 0.6) is 0 Å². The lowest BCUT2D eigenvalue weighted by Gasteiger charge is -2.24. The monoisotopic (exact) mass is 497 g/mol. The Morgan fingerprint density at radius 2 is 1.97 bits per heavy atom. The average molecular weight is 498 g/mol. The van der Waals surface area contributed by atoms with Gasteiger partial charge in [-0.05, 0) is 48.9 Å². The first kappa shape index (κ1) is 22.8. The number of hydrogen-bond donors (Lipinski definition) is 2. The highest BCUT2D eigenvalue weighted by atomic mass is 19.1. The Hall–Kier alpha value is -4.60. The molecule has 1 aliphatic rings. The van der Waals surface area contributed by atoms with Crippen molar-refractivity contribution in [2.75, 3.05) is 11.1 Å². The molecule has 1 atom stereocenters. The molecular weight excluding hydrogens is 473 g/mol. The van der Waals surface area contributed by atoms with Crippen molar-refractivity contribution in [3.63, 3.8) is 0 Å². The fourth-order valence-electron chi connectivity index (χ4n) is 4.55. The predicted molar refractivity (Wildman–Crippen MR) is 138 cm³/mol. The molecule has 6 rings (SSSR count). The fourth-order valence-corrected chi connectivity index (χ4v) is 4.55. The maximum Gasteiger partial charge on any atom is 0.266 e. The van der Waals surface area contributed by atoms with Crippen LogP contribution in [0.4, 0.5) is 16.0 Å². The smallest absolute Gasteiger partial charge is 0.266 e. The van der Waals surface area contributed by atoms with Crippen molar-refractivity contribution in [2.45, 2.75) is 38.1 Å². The van der Waals surface area contributed by atoms with Crippen LogP contribution in [0.15, 0.2) is 70.2 Å². The summed E-state index contributed by atoms with van der Waals surface area (Å²) in [5, 5.41) is 8.06. The zero-order valence-electron chi connectivity index (χ0n) is 20.1. The van der Waals surface area contributed by atoms with Crippen LogP contribution in [0.25, 0.3) is 27.9 Å². The molecule has 0 aliphatic heterocycles. The summed E-state index contributed by atoms with van der Waals surface area (Å²) in [6.45, 7) is 1.98. The molecule has 1 aliphatic carbocycles. The van der Waals surface area contributed by atoms with Gasteiger partial charge in [0.15, 0.2) is 5.82 Å². The molecule has 0 amide bonds. The van der Waals surface area contributed by atoms with Gasteiger partial charge in [-0.25, -0.2) is 14.4 Å². The highest BCUT2D eigenvalue weighted by Gasteiger charge is 2.30. The molecule has 3 aromatic heterocycles. The topological polar surface area (TPSA) is 125 Å². The van der Waals surface area contributed by atoms with E-state index in [1.165, 1.54) is 17.0 Å². The van der Waals surface area contributed by atoms with E-state index in [1.54, 1.807) is 12.1 Å². The van der Waals surface area contributed by atoms with Gasteiger partial charge in [-0.1, -0.05) is 42.4 Å². The van der Waals surface area contributed by atoms with E-state index in [4.69, 9.17) is 10.3 Å². The molecule has 2 aromatic carbocycles. The SMILES string of the molecule is CC[C@H](Nc1ncnc(N)c1-c1nc(C2CC2)no1)c1cc2cccc(F)c2c(=O)n1-c1ccccc1. The highest BCUT2D eigenvalue weighted by Crippen LogP contribution is 2.40. The summed E-state index contributed by atoms with van der Waals surface area (Å²) in [7, 11) is 0. The summed E-state index contributed by atoms with van der Waals surface area (Å²) in [6.07, 6.45) is 3.99. The lowest BCUT2D eigenvalue weighted by atomic mass is 10.0. The van der Waals surface area contributed by atoms with Crippen LogP contribution in [-0.2, 0) is 0 Å². The van der Waals surface area contributed by atoms with Crippen LogP contribution >= 0.6 is 0 Å². The molecule has 37 heavy (non-hydrogen) atoms. The van der Waals surface area contributed by atoms with Crippen LogP contribution < -0.4 is 16.6 Å². The van der Waals surface area contributed by atoms with E-state index in [9.17, 15) is 9.18 Å². The van der Waals surface area contributed by atoms with Gasteiger partial charge in [0.2, 0.25) is 0 Å². The minimum absolute atomic E-state index is 0.0374. The second-order valence-corrected chi connectivity index (χ2v) is 9.07. The summed E-state index contributed by atoms with van der Waals surface area (Å²) in [4.78, 5) is 26.7. The Bertz CT molecular complexity index is 1660. The minimum atomic E-state index is -0.562. The molecule has 3 heterocycles. The first-order chi connectivity index (χ1) is 18.0. The number of nitrogens with zero attached hydrogens (tertiary/aromatic N) is 5. The number of anilines is 2. The number of nitrogen functional groups attached to an aromatic ring is 1. The molecule has 0 radical (unpaired) electrons. The molecule has 0 saturated heterocycles. The summed E-state index contributed by atoms with van der Waals surface area (Å²) >= 11 is 0. The molecule has 9 nitrogen and oxygen atoms in total. The van der Waals surface area contributed by atoms with Gasteiger partial charge in [-0.15, -0.1) is 0 Å². The van der Waals surface area contributed by atoms with Crippen molar-refractivity contribution < 1.29 is 8.91 Å². The van der Waals surface area contributed by atoms with Crippen molar-refractivity contribution in [3.05, 3.63) is 88.6 Å². The predicted octanol–water partition coefficient (Wildman–Crippen LogP) is 4.99. The molecule has 3 N–H and O–H groups in total. The number of benzene rings is 2. The normalized spacial score (nSPS) is 14.1. The van der Waals surface area contributed by atoms with Crippen molar-refractivity contribution in [1.29, 1.82) is 0 Å². The lowest BCUT2D eigenvalue weighted by Crippen LogP contribution is -2.27. The summed E-state index contributed by atoms with van der Waals surface area (Å²) in [5.41, 5.74) is 7.46. The molecule has 186 valence electrons. The maximum atomic E-state index is 14.8. The molecule has 5 aromatic rings. The molecule has 10 heteroatoms. The number of nitrogens with two attached hydrogens (primary N) is 1. The van der Waals surface area contributed by atoms with Crippen molar-refractivity contribution in [3.8, 4) is 17.1 Å². The van der Waals surface area contributed by atoms with E-state index in [0.717, 1.165) is 12.8 Å². The largest absolute Gasteiger partial charge is 0.383 e. The molecule has 1 saturated carbocycles. The number of aromatic nitrogens is 5. The van der Waals surface area contributed by atoms with Gasteiger partial charge in [0, 0.05) is 17.3 Å². The highest BCUT2D eigenvalue weighted by molar-refractivity contribution is 5.83. The third-order valence-electron chi connectivity index (χ3n) is 6.59. The molecule has 0 bridgehead atoms. The van der Waals surface area contributed by atoms with Crippen LogP contribution in [-0.4, -0.2) is 24.7 Å². The quantitative estimate of drug-likeness (QED) is 0.322. The molecule has 0 spiro atoms. The zero-order chi connectivity index (χ0) is 25.5. The molecular formula is C27H24FN7O2. The number of nitrogens with one attached hydrogen (secondary N) is 1. The number of hydrogen-bond acceptors (Lipinski definition) is 8. The Balaban J connectivity index is 1.50. The van der Waals surface area contributed by atoms with E-state index < -0.39 is 17.4 Å². The fraction of sp³-hybridized carbons (Fsp3) is 0.222. The third kappa shape index (κ3) is 4.10. The van der Waals surface area contributed by atoms with E-state index in [0.29, 0.717) is 46.3 Å². The third-order valence-corrected chi connectivity index (χ3v) is 6.59.